The van der Waals surface area contributed by atoms with Crippen LogP contribution in [0.2, 0.25) is 5.02 Å². The van der Waals surface area contributed by atoms with Crippen LogP contribution in [0.1, 0.15) is 27.5 Å². The van der Waals surface area contributed by atoms with Crippen molar-refractivity contribution in [1.29, 1.82) is 0 Å². The van der Waals surface area contributed by atoms with Gasteiger partial charge in [-0.3, -0.25) is 4.90 Å². The van der Waals surface area contributed by atoms with E-state index in [1.165, 1.54) is 18.2 Å². The predicted octanol–water partition coefficient (Wildman–Crippen LogP) is 3.32. The first-order valence-electron chi connectivity index (χ1n) is 8.55. The number of carbonyl (C=O) groups excluding carboxylic acids is 1. The summed E-state index contributed by atoms with van der Waals surface area (Å²) in [6.45, 7) is 4.02. The van der Waals surface area contributed by atoms with E-state index < -0.39 is 0 Å². The Kier molecular flexibility index (Phi) is 6.08. The van der Waals surface area contributed by atoms with Gasteiger partial charge in [0.1, 0.15) is 0 Å². The highest BCUT2D eigenvalue weighted by molar-refractivity contribution is 6.30. The highest BCUT2D eigenvalue weighted by atomic mass is 35.5. The zero-order chi connectivity index (χ0) is 17.6. The summed E-state index contributed by atoms with van der Waals surface area (Å²) in [4.78, 5) is 14.2. The van der Waals surface area contributed by atoms with E-state index in [0.717, 1.165) is 37.6 Å². The Balaban J connectivity index is 1.84. The molecule has 0 spiro atoms. The molecule has 0 bridgehead atoms. The Morgan fingerprint density at radius 2 is 1.76 bits per heavy atom. The van der Waals surface area contributed by atoms with Crippen LogP contribution in [0.3, 0.4) is 0 Å². The number of carbonyl (C=O) groups is 1. The van der Waals surface area contributed by atoms with Gasteiger partial charge < -0.3 is 10.1 Å². The highest BCUT2D eigenvalue weighted by Gasteiger charge is 2.23. The number of benzene rings is 2. The molecule has 0 saturated carbocycles. The normalized spacial score (nSPS) is 16.4. The topological polar surface area (TPSA) is 41.6 Å². The second-order valence-corrected chi connectivity index (χ2v) is 6.68. The molecule has 1 atom stereocenters. The van der Waals surface area contributed by atoms with E-state index in [-0.39, 0.29) is 12.0 Å². The number of rotatable bonds is 5. The van der Waals surface area contributed by atoms with Crippen LogP contribution in [0.4, 0.5) is 0 Å². The maximum absolute atomic E-state index is 11.7. The van der Waals surface area contributed by atoms with Gasteiger partial charge in [-0.15, -0.1) is 0 Å². The Bertz CT molecular complexity index is 695. The third-order valence-corrected chi connectivity index (χ3v) is 4.90. The molecule has 1 aliphatic rings. The molecular formula is C20H23ClN2O2. The molecule has 1 unspecified atom stereocenters. The molecule has 1 fully saturated rings. The minimum absolute atomic E-state index is 0.273. The monoisotopic (exact) mass is 358 g/mol. The van der Waals surface area contributed by atoms with Gasteiger partial charge in [0, 0.05) is 37.2 Å². The summed E-state index contributed by atoms with van der Waals surface area (Å²) in [6, 6.07) is 16.1. The van der Waals surface area contributed by atoms with Crippen molar-refractivity contribution in [3.05, 3.63) is 70.2 Å². The Morgan fingerprint density at radius 1 is 1.12 bits per heavy atom. The zero-order valence-electron chi connectivity index (χ0n) is 14.4. The second kappa shape index (κ2) is 8.48. The zero-order valence-corrected chi connectivity index (χ0v) is 15.1. The number of nitrogens with zero attached hydrogens (tertiary/aromatic N) is 1. The molecule has 0 aliphatic carbocycles. The molecule has 132 valence electrons. The molecule has 1 aliphatic heterocycles. The number of hydrogen-bond donors (Lipinski definition) is 1. The van der Waals surface area contributed by atoms with Gasteiger partial charge in [0.25, 0.3) is 0 Å². The molecule has 25 heavy (non-hydrogen) atoms. The summed E-state index contributed by atoms with van der Waals surface area (Å²) >= 11 is 6.01. The van der Waals surface area contributed by atoms with Crippen LogP contribution in [-0.4, -0.2) is 44.2 Å². The van der Waals surface area contributed by atoms with E-state index in [9.17, 15) is 4.79 Å². The van der Waals surface area contributed by atoms with Crippen LogP contribution in [0.25, 0.3) is 0 Å². The van der Waals surface area contributed by atoms with Crippen LogP contribution < -0.4 is 5.32 Å². The van der Waals surface area contributed by atoms with Gasteiger partial charge in [-0.05, 0) is 41.8 Å². The van der Waals surface area contributed by atoms with Gasteiger partial charge in [0.05, 0.1) is 12.7 Å². The Hall–Kier alpha value is -1.88. The van der Waals surface area contributed by atoms with E-state index >= 15 is 0 Å². The first-order valence-corrected chi connectivity index (χ1v) is 8.92. The molecule has 0 aromatic heterocycles. The SMILES string of the molecule is COC(=O)c1ccc(C(Cc2ccc(Cl)cc2)N2CCNCC2)cc1. The lowest BCUT2D eigenvalue weighted by molar-refractivity contribution is 0.0600. The van der Waals surface area contributed by atoms with Gasteiger partial charge in [0.2, 0.25) is 0 Å². The van der Waals surface area contributed by atoms with E-state index in [1.807, 2.05) is 36.4 Å². The molecule has 3 rings (SSSR count). The van der Waals surface area contributed by atoms with E-state index in [0.29, 0.717) is 5.56 Å². The van der Waals surface area contributed by atoms with Crippen molar-refractivity contribution in [3.8, 4) is 0 Å². The molecule has 1 N–H and O–H groups in total. The maximum atomic E-state index is 11.7. The van der Waals surface area contributed by atoms with Crippen molar-refractivity contribution >= 4 is 17.6 Å². The number of methoxy groups -OCH3 is 1. The predicted molar refractivity (Wildman–Crippen MR) is 100 cm³/mol. The van der Waals surface area contributed by atoms with Gasteiger partial charge in [-0.2, -0.15) is 0 Å². The fourth-order valence-electron chi connectivity index (χ4n) is 3.25. The van der Waals surface area contributed by atoms with Crippen LogP contribution in [-0.2, 0) is 11.2 Å². The van der Waals surface area contributed by atoms with Crippen molar-refractivity contribution in [2.24, 2.45) is 0 Å². The van der Waals surface area contributed by atoms with E-state index in [1.54, 1.807) is 0 Å². The fraction of sp³-hybridized carbons (Fsp3) is 0.350. The quantitative estimate of drug-likeness (QED) is 0.832. The van der Waals surface area contributed by atoms with Gasteiger partial charge in [0.15, 0.2) is 0 Å². The maximum Gasteiger partial charge on any atom is 0.337 e. The highest BCUT2D eigenvalue weighted by Crippen LogP contribution is 2.26. The summed E-state index contributed by atoms with van der Waals surface area (Å²) < 4.78 is 4.79. The summed E-state index contributed by atoms with van der Waals surface area (Å²) in [6.07, 6.45) is 0.911. The first-order chi connectivity index (χ1) is 12.2. The number of halogens is 1. The van der Waals surface area contributed by atoms with E-state index in [4.69, 9.17) is 16.3 Å². The minimum Gasteiger partial charge on any atom is -0.465 e. The molecule has 1 heterocycles. The number of hydrogen-bond acceptors (Lipinski definition) is 4. The molecule has 1 saturated heterocycles. The molecule has 2 aromatic carbocycles. The lowest BCUT2D eigenvalue weighted by atomic mass is 9.96. The minimum atomic E-state index is -0.303. The van der Waals surface area contributed by atoms with Crippen LogP contribution in [0, 0.1) is 0 Å². The number of piperazine rings is 1. The Labute approximate surface area is 153 Å². The largest absolute Gasteiger partial charge is 0.465 e. The number of esters is 1. The molecule has 2 aromatic rings. The lowest BCUT2D eigenvalue weighted by Crippen LogP contribution is -2.45. The third-order valence-electron chi connectivity index (χ3n) is 4.65. The fourth-order valence-corrected chi connectivity index (χ4v) is 3.38. The first kappa shape index (κ1) is 17.9. The Morgan fingerprint density at radius 3 is 2.36 bits per heavy atom. The van der Waals surface area contributed by atoms with Crippen molar-refractivity contribution in [3.63, 3.8) is 0 Å². The summed E-state index contributed by atoms with van der Waals surface area (Å²) in [5, 5.41) is 4.16. The van der Waals surface area contributed by atoms with Crippen molar-refractivity contribution in [2.75, 3.05) is 33.3 Å². The van der Waals surface area contributed by atoms with Crippen molar-refractivity contribution in [2.45, 2.75) is 12.5 Å². The molecular weight excluding hydrogens is 336 g/mol. The second-order valence-electron chi connectivity index (χ2n) is 6.25. The molecule has 0 radical (unpaired) electrons. The lowest BCUT2D eigenvalue weighted by Gasteiger charge is -2.35. The summed E-state index contributed by atoms with van der Waals surface area (Å²) in [5.74, 6) is -0.303. The van der Waals surface area contributed by atoms with Crippen molar-refractivity contribution < 1.29 is 9.53 Å². The third kappa shape index (κ3) is 4.60. The average molecular weight is 359 g/mol. The molecule has 5 heteroatoms. The molecule has 0 amide bonds. The number of nitrogens with one attached hydrogen (secondary N) is 1. The van der Waals surface area contributed by atoms with Crippen LogP contribution in [0.5, 0.6) is 0 Å². The van der Waals surface area contributed by atoms with Crippen molar-refractivity contribution in [1.82, 2.24) is 10.2 Å². The van der Waals surface area contributed by atoms with Gasteiger partial charge in [-0.25, -0.2) is 4.79 Å². The molecule has 4 nitrogen and oxygen atoms in total. The number of ether oxygens (including phenoxy) is 1. The summed E-state index contributed by atoms with van der Waals surface area (Å²) in [5.41, 5.74) is 3.05. The standard InChI is InChI=1S/C20H23ClN2O2/c1-25-20(24)17-6-4-16(5-7-17)19(23-12-10-22-11-13-23)14-15-2-8-18(21)9-3-15/h2-9,19,22H,10-14H2,1H3. The van der Waals surface area contributed by atoms with Crippen LogP contribution >= 0.6 is 11.6 Å². The van der Waals surface area contributed by atoms with Gasteiger partial charge >= 0.3 is 5.97 Å². The smallest absolute Gasteiger partial charge is 0.337 e. The average Bonchev–Trinajstić information content (AvgIpc) is 2.68. The summed E-state index contributed by atoms with van der Waals surface area (Å²) in [7, 11) is 1.40. The van der Waals surface area contributed by atoms with E-state index in [2.05, 4.69) is 22.3 Å². The van der Waals surface area contributed by atoms with Gasteiger partial charge in [-0.1, -0.05) is 35.9 Å². The van der Waals surface area contributed by atoms with Crippen LogP contribution in [0.15, 0.2) is 48.5 Å².